The summed E-state index contributed by atoms with van der Waals surface area (Å²) in [7, 11) is 2.79. The summed E-state index contributed by atoms with van der Waals surface area (Å²) in [5.74, 6) is -0.532. The molecule has 162 valence electrons. The Labute approximate surface area is 183 Å². The number of carbonyl (C=O) groups is 1. The summed E-state index contributed by atoms with van der Waals surface area (Å²) in [4.78, 5) is 42.8. The average Bonchev–Trinajstić information content (AvgIpc) is 3.14. The largest absolute Gasteiger partial charge is 0.384 e. The molecule has 1 aliphatic carbocycles. The lowest BCUT2D eigenvalue weighted by Crippen LogP contribution is -2.42. The number of ketones is 1. The molecule has 2 N–H and O–H groups in total. The van der Waals surface area contributed by atoms with Gasteiger partial charge in [0.05, 0.1) is 10.9 Å². The summed E-state index contributed by atoms with van der Waals surface area (Å²) in [5.41, 5.74) is 7.82. The molecule has 3 aromatic rings. The van der Waals surface area contributed by atoms with Gasteiger partial charge in [0.2, 0.25) is 0 Å². The van der Waals surface area contributed by atoms with Crippen LogP contribution in [-0.2, 0) is 26.9 Å². The van der Waals surface area contributed by atoms with Crippen LogP contribution < -0.4 is 17.0 Å². The molecule has 1 aromatic carbocycles. The predicted molar refractivity (Wildman–Crippen MR) is 121 cm³/mol. The first kappa shape index (κ1) is 21.2. The van der Waals surface area contributed by atoms with Crippen molar-refractivity contribution in [3.8, 4) is 5.69 Å². The van der Waals surface area contributed by atoms with Crippen molar-refractivity contribution in [1.82, 2.24) is 18.7 Å². The molecule has 8 nitrogen and oxygen atoms in total. The number of fused-ring (bicyclic) bond motifs is 1. The number of aryl methyl sites for hydroxylation is 1. The van der Waals surface area contributed by atoms with E-state index in [4.69, 9.17) is 10.7 Å². The maximum atomic E-state index is 13.2. The molecule has 0 fully saturated rings. The lowest BCUT2D eigenvalue weighted by Gasteiger charge is -2.17. The van der Waals surface area contributed by atoms with Gasteiger partial charge in [0.1, 0.15) is 11.4 Å². The van der Waals surface area contributed by atoms with Gasteiger partial charge < -0.3 is 5.73 Å². The van der Waals surface area contributed by atoms with Crippen molar-refractivity contribution in [2.45, 2.75) is 43.0 Å². The summed E-state index contributed by atoms with van der Waals surface area (Å²) in [6.45, 7) is 1.74. The second-order valence-electron chi connectivity index (χ2n) is 7.76. The van der Waals surface area contributed by atoms with Gasteiger partial charge in [-0.25, -0.2) is 9.78 Å². The number of nitrogens with two attached hydrogens (primary N) is 1. The third-order valence-corrected chi connectivity index (χ3v) is 6.78. The zero-order valence-electron chi connectivity index (χ0n) is 17.8. The Morgan fingerprint density at radius 2 is 1.77 bits per heavy atom. The number of nitrogen functional groups attached to an aromatic ring is 1. The minimum absolute atomic E-state index is 0.115. The van der Waals surface area contributed by atoms with Crippen LogP contribution in [0.2, 0.25) is 0 Å². The number of hydrogen-bond donors (Lipinski definition) is 1. The Morgan fingerprint density at radius 3 is 2.48 bits per heavy atom. The molecule has 1 aliphatic rings. The van der Waals surface area contributed by atoms with E-state index in [-0.39, 0.29) is 11.4 Å². The van der Waals surface area contributed by atoms with Crippen molar-refractivity contribution in [2.75, 3.05) is 5.73 Å². The second kappa shape index (κ2) is 8.22. The highest BCUT2D eigenvalue weighted by Gasteiger charge is 2.28. The number of rotatable bonds is 5. The van der Waals surface area contributed by atoms with Crippen LogP contribution in [0, 0.1) is 0 Å². The highest BCUT2D eigenvalue weighted by Crippen LogP contribution is 2.33. The molecule has 1 atom stereocenters. The van der Waals surface area contributed by atoms with Crippen molar-refractivity contribution >= 4 is 23.4 Å². The van der Waals surface area contributed by atoms with Crippen molar-refractivity contribution in [2.24, 2.45) is 14.1 Å². The van der Waals surface area contributed by atoms with E-state index in [2.05, 4.69) is 4.57 Å². The Morgan fingerprint density at radius 1 is 1.10 bits per heavy atom. The van der Waals surface area contributed by atoms with Crippen LogP contribution in [0.5, 0.6) is 0 Å². The number of aromatic nitrogens is 4. The summed E-state index contributed by atoms with van der Waals surface area (Å²) in [6.07, 6.45) is 4.06. The Hall–Kier alpha value is -3.07. The molecular formula is C22H25N5O3S. The molecule has 0 aliphatic heterocycles. The first-order valence-electron chi connectivity index (χ1n) is 10.2. The van der Waals surface area contributed by atoms with Crippen molar-refractivity contribution in [3.63, 3.8) is 0 Å². The van der Waals surface area contributed by atoms with Crippen LogP contribution >= 0.6 is 11.8 Å². The summed E-state index contributed by atoms with van der Waals surface area (Å²) < 4.78 is 4.14. The molecule has 2 aromatic heterocycles. The number of nitrogens with zero attached hydrogens (tertiary/aromatic N) is 4. The number of hydrogen-bond acceptors (Lipinski definition) is 6. The number of anilines is 1. The third-order valence-electron chi connectivity index (χ3n) is 5.72. The van der Waals surface area contributed by atoms with Crippen LogP contribution in [0.15, 0.2) is 45.1 Å². The van der Waals surface area contributed by atoms with Gasteiger partial charge >= 0.3 is 5.69 Å². The lowest BCUT2D eigenvalue weighted by atomic mass is 10.0. The first-order valence-corrected chi connectivity index (χ1v) is 11.1. The van der Waals surface area contributed by atoms with Gasteiger partial charge in [0.25, 0.3) is 5.56 Å². The number of para-hydroxylation sites is 1. The van der Waals surface area contributed by atoms with Crippen LogP contribution in [0.1, 0.15) is 41.5 Å². The van der Waals surface area contributed by atoms with E-state index in [0.29, 0.717) is 0 Å². The fourth-order valence-electron chi connectivity index (χ4n) is 3.94. The van der Waals surface area contributed by atoms with Crippen LogP contribution in [0.25, 0.3) is 5.69 Å². The van der Waals surface area contributed by atoms with E-state index in [1.54, 1.807) is 6.92 Å². The molecule has 1 unspecified atom stereocenters. The van der Waals surface area contributed by atoms with Gasteiger partial charge in [-0.2, -0.15) is 0 Å². The quantitative estimate of drug-likeness (QED) is 0.482. The van der Waals surface area contributed by atoms with Crippen LogP contribution in [0.4, 0.5) is 5.82 Å². The molecule has 0 amide bonds. The molecule has 2 heterocycles. The van der Waals surface area contributed by atoms with Gasteiger partial charge in [-0.1, -0.05) is 30.0 Å². The highest BCUT2D eigenvalue weighted by molar-refractivity contribution is 8.00. The second-order valence-corrected chi connectivity index (χ2v) is 9.06. The number of carbonyl (C=O) groups excluding carboxylic acids is 1. The van der Waals surface area contributed by atoms with E-state index < -0.39 is 22.3 Å². The van der Waals surface area contributed by atoms with E-state index >= 15 is 0 Å². The molecule has 0 bridgehead atoms. The van der Waals surface area contributed by atoms with Gasteiger partial charge in [0, 0.05) is 25.5 Å². The summed E-state index contributed by atoms with van der Waals surface area (Å²) in [6, 6.07) is 9.96. The first-order chi connectivity index (χ1) is 14.8. The molecule has 9 heteroatoms. The highest BCUT2D eigenvalue weighted by atomic mass is 32.2. The van der Waals surface area contributed by atoms with Gasteiger partial charge in [0.15, 0.2) is 10.9 Å². The minimum atomic E-state index is -0.677. The van der Waals surface area contributed by atoms with E-state index in [1.165, 1.54) is 31.6 Å². The Bertz CT molecular complexity index is 1270. The standard InChI is InChI=1S/C22H25N5O3S/c1-13(18(28)17-19(23)25(2)22(30)26(3)20(17)29)31-21-24-15-11-7-8-12-16(15)27(21)14-9-5-4-6-10-14/h4-6,9-10,13H,7-8,11-12,23H2,1-3H3. The molecule has 4 rings (SSSR count). The number of benzene rings is 1. The summed E-state index contributed by atoms with van der Waals surface area (Å²) >= 11 is 1.31. The molecule has 31 heavy (non-hydrogen) atoms. The maximum Gasteiger partial charge on any atom is 0.332 e. The van der Waals surface area contributed by atoms with Crippen molar-refractivity contribution in [3.05, 3.63) is 68.1 Å². The fourth-order valence-corrected chi connectivity index (χ4v) is 4.97. The van der Waals surface area contributed by atoms with Gasteiger partial charge in [-0.3, -0.25) is 23.3 Å². The topological polar surface area (TPSA) is 105 Å². The van der Waals surface area contributed by atoms with Crippen molar-refractivity contribution < 1.29 is 4.79 Å². The molecule has 0 saturated carbocycles. The normalized spacial score (nSPS) is 14.3. The predicted octanol–water partition coefficient (Wildman–Crippen LogP) is 2.09. The van der Waals surface area contributed by atoms with Gasteiger partial charge in [-0.05, 0) is 44.7 Å². The zero-order valence-corrected chi connectivity index (χ0v) is 18.6. The number of thioether (sulfide) groups is 1. The van der Waals surface area contributed by atoms with E-state index in [9.17, 15) is 14.4 Å². The smallest absolute Gasteiger partial charge is 0.332 e. The molecular weight excluding hydrogens is 414 g/mol. The fraction of sp³-hybridized carbons (Fsp3) is 0.364. The lowest BCUT2D eigenvalue weighted by molar-refractivity contribution is 0.0992. The average molecular weight is 440 g/mol. The molecule has 0 spiro atoms. The summed E-state index contributed by atoms with van der Waals surface area (Å²) in [5, 5.41) is 0.109. The van der Waals surface area contributed by atoms with Crippen molar-refractivity contribution in [1.29, 1.82) is 0 Å². The maximum absolute atomic E-state index is 13.2. The zero-order chi connectivity index (χ0) is 22.3. The minimum Gasteiger partial charge on any atom is -0.384 e. The van der Waals surface area contributed by atoms with Crippen LogP contribution in [-0.4, -0.2) is 29.7 Å². The van der Waals surface area contributed by atoms with E-state index in [1.807, 2.05) is 30.3 Å². The van der Waals surface area contributed by atoms with Gasteiger partial charge in [-0.15, -0.1) is 0 Å². The molecule has 0 saturated heterocycles. The SMILES string of the molecule is CC(Sc1nc2c(n1-c1ccccc1)CCCC2)C(=O)c1c(N)n(C)c(=O)n(C)c1=O. The Kier molecular flexibility index (Phi) is 5.62. The third kappa shape index (κ3) is 3.63. The molecule has 0 radical (unpaired) electrons. The number of imidazole rings is 1. The monoisotopic (exact) mass is 439 g/mol. The van der Waals surface area contributed by atoms with E-state index in [0.717, 1.165) is 51.4 Å². The van der Waals surface area contributed by atoms with Crippen LogP contribution in [0.3, 0.4) is 0 Å². The number of Topliss-reactive ketones (excluding diaryl/α,β-unsaturated/α-hetero) is 1. The Balaban J connectivity index is 1.74.